The second-order valence-corrected chi connectivity index (χ2v) is 7.99. The number of benzene rings is 1. The summed E-state index contributed by atoms with van der Waals surface area (Å²) in [6, 6.07) is 5.96. The van der Waals surface area contributed by atoms with Crippen LogP contribution in [0.4, 0.5) is 5.69 Å². The van der Waals surface area contributed by atoms with Gasteiger partial charge in [0.15, 0.2) is 0 Å². The molecule has 1 amide bonds. The summed E-state index contributed by atoms with van der Waals surface area (Å²) in [6.07, 6.45) is 3.72. The van der Waals surface area contributed by atoms with Gasteiger partial charge in [0.25, 0.3) is 0 Å². The second kappa shape index (κ2) is 9.26. The van der Waals surface area contributed by atoms with Crippen molar-refractivity contribution in [3.05, 3.63) is 47.1 Å². The molecule has 1 fully saturated rings. The van der Waals surface area contributed by atoms with Crippen LogP contribution in [0.3, 0.4) is 0 Å². The Bertz CT molecular complexity index is 686. The monoisotopic (exact) mass is 419 g/mol. The first-order valence-corrected chi connectivity index (χ1v) is 10.1. The SMILES string of the molecule is C=C(Nc1ccc(Br)cc1C(=C)N1CCCC(CC)C1)C(C)NC(C)=O. The molecule has 0 saturated carbocycles. The van der Waals surface area contributed by atoms with Crippen molar-refractivity contribution in [3.63, 3.8) is 0 Å². The van der Waals surface area contributed by atoms with Gasteiger partial charge in [0.05, 0.1) is 6.04 Å². The lowest BCUT2D eigenvalue weighted by Crippen LogP contribution is -2.35. The fourth-order valence-electron chi connectivity index (χ4n) is 3.35. The zero-order chi connectivity index (χ0) is 19.3. The highest BCUT2D eigenvalue weighted by molar-refractivity contribution is 9.10. The van der Waals surface area contributed by atoms with Crippen LogP contribution in [0, 0.1) is 5.92 Å². The van der Waals surface area contributed by atoms with E-state index < -0.39 is 0 Å². The van der Waals surface area contributed by atoms with Crippen molar-refractivity contribution in [1.29, 1.82) is 0 Å². The molecule has 1 saturated heterocycles. The molecular formula is C21H30BrN3O. The van der Waals surface area contributed by atoms with E-state index in [0.717, 1.165) is 46.1 Å². The van der Waals surface area contributed by atoms with Crippen molar-refractivity contribution in [2.24, 2.45) is 5.92 Å². The van der Waals surface area contributed by atoms with Crippen molar-refractivity contribution < 1.29 is 4.79 Å². The van der Waals surface area contributed by atoms with E-state index in [1.807, 2.05) is 19.1 Å². The zero-order valence-electron chi connectivity index (χ0n) is 16.1. The summed E-state index contributed by atoms with van der Waals surface area (Å²) < 4.78 is 1.02. The number of rotatable bonds is 7. The highest BCUT2D eigenvalue weighted by Crippen LogP contribution is 2.32. The van der Waals surface area contributed by atoms with Gasteiger partial charge in [-0.15, -0.1) is 0 Å². The number of anilines is 1. The first-order valence-electron chi connectivity index (χ1n) is 9.28. The Hall–Kier alpha value is -1.75. The highest BCUT2D eigenvalue weighted by atomic mass is 79.9. The minimum absolute atomic E-state index is 0.0696. The lowest BCUT2D eigenvalue weighted by atomic mass is 9.94. The van der Waals surface area contributed by atoms with Crippen molar-refractivity contribution in [2.75, 3.05) is 18.4 Å². The van der Waals surface area contributed by atoms with Crippen LogP contribution in [-0.2, 0) is 4.79 Å². The van der Waals surface area contributed by atoms with Gasteiger partial charge in [-0.1, -0.05) is 42.4 Å². The predicted molar refractivity (Wildman–Crippen MR) is 114 cm³/mol. The molecule has 5 heteroatoms. The van der Waals surface area contributed by atoms with E-state index in [-0.39, 0.29) is 11.9 Å². The summed E-state index contributed by atoms with van der Waals surface area (Å²) in [6.45, 7) is 16.3. The molecule has 0 spiro atoms. The minimum atomic E-state index is -0.156. The number of hydrogen-bond acceptors (Lipinski definition) is 3. The number of hydrogen-bond donors (Lipinski definition) is 2. The van der Waals surface area contributed by atoms with Gasteiger partial charge in [-0.2, -0.15) is 0 Å². The molecule has 2 N–H and O–H groups in total. The summed E-state index contributed by atoms with van der Waals surface area (Å²) >= 11 is 3.58. The fraction of sp³-hybridized carbons (Fsp3) is 0.476. The van der Waals surface area contributed by atoms with Crippen LogP contribution in [0.5, 0.6) is 0 Å². The Morgan fingerprint density at radius 2 is 2.15 bits per heavy atom. The van der Waals surface area contributed by atoms with Crippen molar-refractivity contribution >= 4 is 33.2 Å². The molecule has 0 radical (unpaired) electrons. The normalized spacial score (nSPS) is 18.2. The van der Waals surface area contributed by atoms with E-state index >= 15 is 0 Å². The second-order valence-electron chi connectivity index (χ2n) is 7.07. The Labute approximate surface area is 165 Å². The smallest absolute Gasteiger partial charge is 0.217 e. The zero-order valence-corrected chi connectivity index (χ0v) is 17.7. The van der Waals surface area contributed by atoms with Crippen LogP contribution in [0.25, 0.3) is 5.70 Å². The van der Waals surface area contributed by atoms with Gasteiger partial charge >= 0.3 is 0 Å². The maximum absolute atomic E-state index is 11.3. The Balaban J connectivity index is 2.20. The Kier molecular flexibility index (Phi) is 7.33. The molecule has 2 atom stereocenters. The minimum Gasteiger partial charge on any atom is -0.371 e. The fourth-order valence-corrected chi connectivity index (χ4v) is 3.71. The number of amides is 1. The molecule has 0 aromatic heterocycles. The van der Waals surface area contributed by atoms with Gasteiger partial charge in [0, 0.05) is 47.1 Å². The van der Waals surface area contributed by atoms with Crippen LogP contribution in [-0.4, -0.2) is 29.9 Å². The third-order valence-corrected chi connectivity index (χ3v) is 5.50. The van der Waals surface area contributed by atoms with Crippen molar-refractivity contribution in [2.45, 2.75) is 46.1 Å². The predicted octanol–water partition coefficient (Wildman–Crippen LogP) is 4.99. The number of piperidine rings is 1. The number of nitrogens with one attached hydrogen (secondary N) is 2. The van der Waals surface area contributed by atoms with E-state index in [9.17, 15) is 4.79 Å². The van der Waals surface area contributed by atoms with Gasteiger partial charge in [-0.25, -0.2) is 0 Å². The van der Waals surface area contributed by atoms with Crippen LogP contribution in [0.2, 0.25) is 0 Å². The van der Waals surface area contributed by atoms with Gasteiger partial charge in [-0.3, -0.25) is 4.79 Å². The number of carbonyl (C=O) groups is 1. The summed E-state index contributed by atoms with van der Waals surface area (Å²) in [5.74, 6) is 0.665. The first kappa shape index (κ1) is 20.6. The number of halogens is 1. The molecule has 1 aliphatic heterocycles. The molecule has 1 aromatic carbocycles. The first-order chi connectivity index (χ1) is 12.3. The molecule has 2 unspecified atom stereocenters. The standard InChI is InChI=1S/C21H30BrN3O/c1-6-18-8-7-11-25(13-18)16(4)20-12-19(22)9-10-21(20)24-15(3)14(2)23-17(5)26/h9-10,12,14,18,24H,3-4,6-8,11,13H2,1-2,5H3,(H,23,26). The van der Waals surface area contributed by atoms with Crippen molar-refractivity contribution in [3.8, 4) is 0 Å². The molecule has 0 bridgehead atoms. The van der Waals surface area contributed by atoms with E-state index in [1.165, 1.54) is 26.2 Å². The summed E-state index contributed by atoms with van der Waals surface area (Å²) in [4.78, 5) is 13.7. The number of likely N-dealkylation sites (tertiary alicyclic amines) is 1. The quantitative estimate of drug-likeness (QED) is 0.653. The van der Waals surface area contributed by atoms with Crippen LogP contribution >= 0.6 is 15.9 Å². The maximum atomic E-state index is 11.3. The molecule has 2 rings (SSSR count). The van der Waals surface area contributed by atoms with E-state index in [2.05, 4.69) is 57.6 Å². The van der Waals surface area contributed by atoms with Gasteiger partial charge in [0.2, 0.25) is 5.91 Å². The molecule has 1 aromatic rings. The lowest BCUT2D eigenvalue weighted by Gasteiger charge is -2.36. The molecule has 142 valence electrons. The highest BCUT2D eigenvalue weighted by Gasteiger charge is 2.22. The molecular weight excluding hydrogens is 390 g/mol. The molecule has 4 nitrogen and oxygen atoms in total. The number of nitrogens with zero attached hydrogens (tertiary/aromatic N) is 1. The van der Waals surface area contributed by atoms with E-state index in [4.69, 9.17) is 0 Å². The average molecular weight is 420 g/mol. The molecule has 1 aliphatic rings. The molecule has 1 heterocycles. The summed E-state index contributed by atoms with van der Waals surface area (Å²) in [7, 11) is 0. The molecule has 0 aliphatic carbocycles. The third kappa shape index (κ3) is 5.37. The van der Waals surface area contributed by atoms with E-state index in [1.54, 1.807) is 0 Å². The number of carbonyl (C=O) groups excluding carboxylic acids is 1. The third-order valence-electron chi connectivity index (χ3n) is 5.01. The van der Waals surface area contributed by atoms with Gasteiger partial charge in [-0.05, 0) is 43.9 Å². The van der Waals surface area contributed by atoms with Crippen LogP contribution in [0.1, 0.15) is 45.6 Å². The largest absolute Gasteiger partial charge is 0.371 e. The summed E-state index contributed by atoms with van der Waals surface area (Å²) in [5.41, 5.74) is 3.81. The van der Waals surface area contributed by atoms with E-state index in [0.29, 0.717) is 0 Å². The Morgan fingerprint density at radius 1 is 1.42 bits per heavy atom. The topological polar surface area (TPSA) is 44.4 Å². The average Bonchev–Trinajstić information content (AvgIpc) is 2.62. The van der Waals surface area contributed by atoms with Crippen LogP contribution in [0.15, 0.2) is 41.5 Å². The van der Waals surface area contributed by atoms with Gasteiger partial charge < -0.3 is 15.5 Å². The summed E-state index contributed by atoms with van der Waals surface area (Å²) in [5, 5.41) is 6.23. The maximum Gasteiger partial charge on any atom is 0.217 e. The molecule has 26 heavy (non-hydrogen) atoms. The van der Waals surface area contributed by atoms with Crippen LogP contribution < -0.4 is 10.6 Å². The lowest BCUT2D eigenvalue weighted by molar-refractivity contribution is -0.119. The Morgan fingerprint density at radius 3 is 2.81 bits per heavy atom. The van der Waals surface area contributed by atoms with Gasteiger partial charge in [0.1, 0.15) is 0 Å². The van der Waals surface area contributed by atoms with Crippen molar-refractivity contribution in [1.82, 2.24) is 10.2 Å².